The Morgan fingerprint density at radius 1 is 0.609 bits per heavy atom. The molecule has 0 aromatic heterocycles. The first-order valence-electron chi connectivity index (χ1n) is 9.94. The highest BCUT2D eigenvalue weighted by molar-refractivity contribution is 5.85. The van der Waals surface area contributed by atoms with Crippen molar-refractivity contribution in [2.24, 2.45) is 0 Å². The Kier molecular flexibility index (Phi) is 32.5. The molecule has 142 valence electrons. The fourth-order valence-electron chi connectivity index (χ4n) is 2.53. The van der Waals surface area contributed by atoms with Crippen molar-refractivity contribution >= 4 is 12.4 Å². The van der Waals surface area contributed by atoms with Crippen LogP contribution in [-0.2, 0) is 0 Å². The Balaban J connectivity index is -0.000000487. The number of unbranched alkanes of at least 4 members (excludes halogenated alkanes) is 13. The maximum atomic E-state index is 3.56. The predicted octanol–water partition coefficient (Wildman–Crippen LogP) is 7.64. The summed E-state index contributed by atoms with van der Waals surface area (Å²) in [7, 11) is 4.03. The molecule has 2 heteroatoms. The number of hydrogen-bond acceptors (Lipinski definition) is 1. The van der Waals surface area contributed by atoms with Gasteiger partial charge in [-0.25, -0.2) is 0 Å². The lowest BCUT2D eigenvalue weighted by Gasteiger charge is -2.02. The van der Waals surface area contributed by atoms with Gasteiger partial charge in [-0.3, -0.25) is 0 Å². The summed E-state index contributed by atoms with van der Waals surface area (Å²) in [6.45, 7) is 9.11. The standard InChI is InChI=1S/C16H34.C5H11N.ClH/c1-3-5-7-9-11-13-15-16-14-12-10-8-6-4-2;1-4-5-6(2)3;/h3-16H2,1-2H3;4H,1,5H2,2-3H3;1H. The minimum Gasteiger partial charge on any atom is -0.306 e. The zero-order chi connectivity index (χ0) is 16.9. The van der Waals surface area contributed by atoms with E-state index < -0.39 is 0 Å². The first-order chi connectivity index (χ1) is 10.7. The molecule has 0 aliphatic carbocycles. The molecule has 0 fully saturated rings. The van der Waals surface area contributed by atoms with Crippen LogP contribution in [-0.4, -0.2) is 25.5 Å². The topological polar surface area (TPSA) is 3.24 Å². The minimum atomic E-state index is 0. The average Bonchev–Trinajstić information content (AvgIpc) is 2.49. The summed E-state index contributed by atoms with van der Waals surface area (Å²) >= 11 is 0. The van der Waals surface area contributed by atoms with Gasteiger partial charge < -0.3 is 4.90 Å². The largest absolute Gasteiger partial charge is 0.306 e. The van der Waals surface area contributed by atoms with Gasteiger partial charge in [-0.1, -0.05) is 110 Å². The molecule has 23 heavy (non-hydrogen) atoms. The van der Waals surface area contributed by atoms with E-state index in [4.69, 9.17) is 0 Å². The Morgan fingerprint density at radius 2 is 0.870 bits per heavy atom. The second-order valence-electron chi connectivity index (χ2n) is 6.79. The van der Waals surface area contributed by atoms with E-state index in [1.807, 2.05) is 20.2 Å². The normalized spacial score (nSPS) is 9.96. The molecule has 0 saturated heterocycles. The molecule has 0 aliphatic heterocycles. The van der Waals surface area contributed by atoms with Crippen LogP contribution in [0.5, 0.6) is 0 Å². The number of nitrogens with zero attached hydrogens (tertiary/aromatic N) is 1. The summed E-state index contributed by atoms with van der Waals surface area (Å²) in [5.74, 6) is 0. The molecule has 0 rings (SSSR count). The van der Waals surface area contributed by atoms with Crippen LogP contribution in [0.15, 0.2) is 12.7 Å². The number of rotatable bonds is 15. The zero-order valence-corrected chi connectivity index (χ0v) is 17.6. The average molecular weight is 348 g/mol. The first-order valence-corrected chi connectivity index (χ1v) is 9.94. The van der Waals surface area contributed by atoms with Gasteiger partial charge in [-0.2, -0.15) is 0 Å². The SMILES string of the molecule is C=CCN(C)C.CCCCCCCCCCCCCCCC.Cl. The maximum absolute atomic E-state index is 3.56. The van der Waals surface area contributed by atoms with E-state index in [0.29, 0.717) is 0 Å². The lowest BCUT2D eigenvalue weighted by atomic mass is 10.0. The first kappa shape index (κ1) is 27.8. The quantitative estimate of drug-likeness (QED) is 0.217. The van der Waals surface area contributed by atoms with Gasteiger partial charge in [0.1, 0.15) is 0 Å². The monoisotopic (exact) mass is 347 g/mol. The Labute approximate surface area is 154 Å². The van der Waals surface area contributed by atoms with Crippen LogP contribution in [0.2, 0.25) is 0 Å². The molecule has 0 spiro atoms. The second-order valence-corrected chi connectivity index (χ2v) is 6.79. The molecule has 0 aliphatic rings. The molecular formula is C21H46ClN. The number of likely N-dealkylation sites (N-methyl/N-ethyl adjacent to an activating group) is 1. The Bertz CT molecular complexity index is 178. The van der Waals surface area contributed by atoms with Crippen molar-refractivity contribution in [2.45, 2.75) is 104 Å². The molecule has 0 atom stereocenters. The van der Waals surface area contributed by atoms with Crippen molar-refractivity contribution in [3.8, 4) is 0 Å². The van der Waals surface area contributed by atoms with Crippen molar-refractivity contribution < 1.29 is 0 Å². The van der Waals surface area contributed by atoms with E-state index in [2.05, 4.69) is 25.3 Å². The van der Waals surface area contributed by atoms with Crippen LogP contribution < -0.4 is 0 Å². The zero-order valence-electron chi connectivity index (χ0n) is 16.7. The highest BCUT2D eigenvalue weighted by Gasteiger charge is 1.92. The van der Waals surface area contributed by atoms with Gasteiger partial charge in [0.05, 0.1) is 0 Å². The summed E-state index contributed by atoms with van der Waals surface area (Å²) in [5.41, 5.74) is 0. The molecular weight excluding hydrogens is 302 g/mol. The highest BCUT2D eigenvalue weighted by atomic mass is 35.5. The maximum Gasteiger partial charge on any atom is 0.0154 e. The highest BCUT2D eigenvalue weighted by Crippen LogP contribution is 2.12. The van der Waals surface area contributed by atoms with Crippen LogP contribution in [0.25, 0.3) is 0 Å². The van der Waals surface area contributed by atoms with E-state index in [1.54, 1.807) is 0 Å². The van der Waals surface area contributed by atoms with E-state index in [1.165, 1.54) is 89.9 Å². The summed E-state index contributed by atoms with van der Waals surface area (Å²) in [6, 6.07) is 0. The Morgan fingerprint density at radius 3 is 1.00 bits per heavy atom. The summed E-state index contributed by atoms with van der Waals surface area (Å²) in [6.07, 6.45) is 22.3. The minimum absolute atomic E-state index is 0. The van der Waals surface area contributed by atoms with Crippen LogP contribution in [0.1, 0.15) is 104 Å². The molecule has 0 aromatic carbocycles. The van der Waals surface area contributed by atoms with Crippen LogP contribution in [0, 0.1) is 0 Å². The third-order valence-electron chi connectivity index (χ3n) is 3.95. The summed E-state index contributed by atoms with van der Waals surface area (Å²) in [4.78, 5) is 2.06. The van der Waals surface area contributed by atoms with Gasteiger partial charge in [0.25, 0.3) is 0 Å². The molecule has 1 nitrogen and oxygen atoms in total. The fraction of sp³-hybridized carbons (Fsp3) is 0.905. The molecule has 0 aromatic rings. The number of hydrogen-bond donors (Lipinski definition) is 0. The van der Waals surface area contributed by atoms with Gasteiger partial charge in [0.15, 0.2) is 0 Å². The fourth-order valence-corrected chi connectivity index (χ4v) is 2.53. The van der Waals surface area contributed by atoms with E-state index in [0.717, 1.165) is 6.54 Å². The van der Waals surface area contributed by atoms with E-state index >= 15 is 0 Å². The van der Waals surface area contributed by atoms with Gasteiger partial charge in [-0.15, -0.1) is 19.0 Å². The van der Waals surface area contributed by atoms with Crippen molar-refractivity contribution in [1.29, 1.82) is 0 Å². The molecule has 0 N–H and O–H groups in total. The lowest BCUT2D eigenvalue weighted by Crippen LogP contribution is -2.09. The third kappa shape index (κ3) is 34.4. The summed E-state index contributed by atoms with van der Waals surface area (Å²) < 4.78 is 0. The van der Waals surface area contributed by atoms with Gasteiger partial charge in [0, 0.05) is 6.54 Å². The van der Waals surface area contributed by atoms with Crippen LogP contribution >= 0.6 is 12.4 Å². The smallest absolute Gasteiger partial charge is 0.0154 e. The van der Waals surface area contributed by atoms with Crippen LogP contribution in [0.4, 0.5) is 0 Å². The second kappa shape index (κ2) is 26.9. The van der Waals surface area contributed by atoms with Crippen molar-refractivity contribution in [3.63, 3.8) is 0 Å². The lowest BCUT2D eigenvalue weighted by molar-refractivity contribution is 0.457. The molecule has 0 heterocycles. The third-order valence-corrected chi connectivity index (χ3v) is 3.95. The van der Waals surface area contributed by atoms with Gasteiger partial charge >= 0.3 is 0 Å². The number of halogens is 1. The Hall–Kier alpha value is -0.0100. The van der Waals surface area contributed by atoms with E-state index in [9.17, 15) is 0 Å². The van der Waals surface area contributed by atoms with Crippen molar-refractivity contribution in [3.05, 3.63) is 12.7 Å². The molecule has 0 saturated carbocycles. The molecule has 0 amide bonds. The van der Waals surface area contributed by atoms with E-state index in [-0.39, 0.29) is 12.4 Å². The van der Waals surface area contributed by atoms with Gasteiger partial charge in [-0.05, 0) is 14.1 Å². The van der Waals surface area contributed by atoms with Gasteiger partial charge in [0.2, 0.25) is 0 Å². The van der Waals surface area contributed by atoms with Crippen LogP contribution in [0.3, 0.4) is 0 Å². The molecule has 0 unspecified atom stereocenters. The molecule has 0 bridgehead atoms. The van der Waals surface area contributed by atoms with Crippen molar-refractivity contribution in [1.82, 2.24) is 4.90 Å². The summed E-state index contributed by atoms with van der Waals surface area (Å²) in [5, 5.41) is 0. The predicted molar refractivity (Wildman–Crippen MR) is 112 cm³/mol. The van der Waals surface area contributed by atoms with Crippen molar-refractivity contribution in [2.75, 3.05) is 20.6 Å². The molecule has 0 radical (unpaired) electrons.